The summed E-state index contributed by atoms with van der Waals surface area (Å²) in [4.78, 5) is 25.7. The second-order valence-electron chi connectivity index (χ2n) is 5.52. The van der Waals surface area contributed by atoms with Gasteiger partial charge >= 0.3 is 0 Å². The lowest BCUT2D eigenvalue weighted by molar-refractivity contribution is -0.120. The van der Waals surface area contributed by atoms with Crippen LogP contribution in [-0.2, 0) is 9.59 Å². The molecule has 0 aromatic heterocycles. The number of hydrogen-bond acceptors (Lipinski definition) is 2. The Morgan fingerprint density at radius 2 is 1.71 bits per heavy atom. The molecule has 1 N–H and O–H groups in total. The number of halogens is 2. The van der Waals surface area contributed by atoms with Gasteiger partial charge in [-0.15, -0.1) is 0 Å². The highest BCUT2D eigenvalue weighted by molar-refractivity contribution is 6.36. The fourth-order valence-electron chi connectivity index (χ4n) is 2.40. The van der Waals surface area contributed by atoms with Gasteiger partial charge in [0, 0.05) is 17.6 Å². The Labute approximate surface area is 151 Å². The average molecular weight is 365 g/mol. The van der Waals surface area contributed by atoms with Crippen molar-refractivity contribution >= 4 is 46.4 Å². The third-order valence-electron chi connectivity index (χ3n) is 3.63. The molecule has 0 saturated carbocycles. The molecule has 0 unspecified atom stereocenters. The Bertz CT molecular complexity index is 770. The second kappa shape index (κ2) is 7.69. The summed E-state index contributed by atoms with van der Waals surface area (Å²) in [5.74, 6) is -0.579. The average Bonchev–Trinajstić information content (AvgIpc) is 2.49. The number of anilines is 2. The van der Waals surface area contributed by atoms with Crippen LogP contribution >= 0.6 is 23.2 Å². The van der Waals surface area contributed by atoms with Gasteiger partial charge in [-0.3, -0.25) is 9.59 Å². The molecule has 0 aliphatic heterocycles. The van der Waals surface area contributed by atoms with Gasteiger partial charge in [0.2, 0.25) is 11.8 Å². The lowest BCUT2D eigenvalue weighted by Crippen LogP contribution is -2.37. The van der Waals surface area contributed by atoms with Crippen molar-refractivity contribution in [3.05, 3.63) is 57.6 Å². The zero-order valence-electron chi connectivity index (χ0n) is 13.7. The number of carbonyl (C=O) groups excluding carboxylic acids is 2. The molecule has 0 heterocycles. The maximum absolute atomic E-state index is 12.4. The number of hydrogen-bond donors (Lipinski definition) is 1. The van der Waals surface area contributed by atoms with Gasteiger partial charge < -0.3 is 10.2 Å². The predicted molar refractivity (Wildman–Crippen MR) is 99.0 cm³/mol. The smallest absolute Gasteiger partial charge is 0.244 e. The number of carbonyl (C=O) groups is 2. The van der Waals surface area contributed by atoms with E-state index in [1.165, 1.54) is 17.9 Å². The van der Waals surface area contributed by atoms with Gasteiger partial charge in [-0.2, -0.15) is 0 Å². The highest BCUT2D eigenvalue weighted by atomic mass is 35.5. The molecule has 0 aliphatic rings. The van der Waals surface area contributed by atoms with Gasteiger partial charge in [0.15, 0.2) is 0 Å². The van der Waals surface area contributed by atoms with E-state index in [1.807, 2.05) is 32.0 Å². The lowest BCUT2D eigenvalue weighted by atomic mass is 10.1. The summed E-state index contributed by atoms with van der Waals surface area (Å²) in [7, 11) is 0. The Hall–Kier alpha value is -2.04. The van der Waals surface area contributed by atoms with Crippen LogP contribution in [0, 0.1) is 13.8 Å². The molecule has 2 rings (SSSR count). The molecular weight excluding hydrogens is 347 g/mol. The molecule has 0 fully saturated rings. The van der Waals surface area contributed by atoms with Crippen LogP contribution < -0.4 is 10.2 Å². The summed E-state index contributed by atoms with van der Waals surface area (Å²) in [6.07, 6.45) is 0. The largest absolute Gasteiger partial charge is 0.324 e. The molecule has 24 heavy (non-hydrogen) atoms. The van der Waals surface area contributed by atoms with Gasteiger partial charge in [-0.05, 0) is 43.2 Å². The first-order chi connectivity index (χ1) is 11.3. The van der Waals surface area contributed by atoms with E-state index in [2.05, 4.69) is 5.32 Å². The molecule has 2 amide bonds. The molecule has 6 heteroatoms. The zero-order valence-corrected chi connectivity index (χ0v) is 15.2. The SMILES string of the molecule is CC(=O)N(CC(=O)Nc1c(C)cccc1C)c1ccc(Cl)cc1Cl. The van der Waals surface area contributed by atoms with E-state index in [4.69, 9.17) is 23.2 Å². The van der Waals surface area contributed by atoms with Crippen molar-refractivity contribution in [2.45, 2.75) is 20.8 Å². The molecule has 0 radical (unpaired) electrons. The third kappa shape index (κ3) is 4.28. The standard InChI is InChI=1S/C18H18Cl2N2O2/c1-11-5-4-6-12(2)18(11)21-17(24)10-22(13(3)23)16-8-7-14(19)9-15(16)20/h4-9H,10H2,1-3H3,(H,21,24). The summed E-state index contributed by atoms with van der Waals surface area (Å²) in [6, 6.07) is 10.6. The van der Waals surface area contributed by atoms with Crippen molar-refractivity contribution in [1.29, 1.82) is 0 Å². The van der Waals surface area contributed by atoms with Crippen LogP contribution in [0.3, 0.4) is 0 Å². The third-order valence-corrected chi connectivity index (χ3v) is 4.17. The van der Waals surface area contributed by atoms with Crippen molar-refractivity contribution in [2.75, 3.05) is 16.8 Å². The Balaban J connectivity index is 2.22. The Morgan fingerprint density at radius 3 is 2.25 bits per heavy atom. The van der Waals surface area contributed by atoms with Crippen molar-refractivity contribution in [2.24, 2.45) is 0 Å². The fourth-order valence-corrected chi connectivity index (χ4v) is 2.91. The van der Waals surface area contributed by atoms with Crippen molar-refractivity contribution < 1.29 is 9.59 Å². The van der Waals surface area contributed by atoms with Gasteiger partial charge in [-0.1, -0.05) is 41.4 Å². The van der Waals surface area contributed by atoms with Crippen LogP contribution in [-0.4, -0.2) is 18.4 Å². The number of benzene rings is 2. The van der Waals surface area contributed by atoms with Crippen LogP contribution in [0.4, 0.5) is 11.4 Å². The maximum atomic E-state index is 12.4. The predicted octanol–water partition coefficient (Wildman–Crippen LogP) is 4.60. The van der Waals surface area contributed by atoms with Gasteiger partial charge in [0.1, 0.15) is 6.54 Å². The molecule has 126 valence electrons. The Morgan fingerprint density at radius 1 is 1.08 bits per heavy atom. The summed E-state index contributed by atoms with van der Waals surface area (Å²) >= 11 is 12.0. The van der Waals surface area contributed by atoms with Crippen LogP contribution in [0.2, 0.25) is 10.0 Å². The first-order valence-corrected chi connectivity index (χ1v) is 8.14. The van der Waals surface area contributed by atoms with Crippen molar-refractivity contribution in [1.82, 2.24) is 0 Å². The molecule has 0 bridgehead atoms. The number of amides is 2. The number of para-hydroxylation sites is 1. The van der Waals surface area contributed by atoms with Crippen molar-refractivity contribution in [3.63, 3.8) is 0 Å². The van der Waals surface area contributed by atoms with E-state index in [0.717, 1.165) is 16.8 Å². The second-order valence-corrected chi connectivity index (χ2v) is 6.36. The molecule has 2 aromatic carbocycles. The van der Waals surface area contributed by atoms with Crippen molar-refractivity contribution in [3.8, 4) is 0 Å². The van der Waals surface area contributed by atoms with Gasteiger partial charge in [-0.25, -0.2) is 0 Å². The molecule has 0 aliphatic carbocycles. The summed E-state index contributed by atoms with van der Waals surface area (Å²) in [5.41, 5.74) is 3.13. The van der Waals surface area contributed by atoms with E-state index in [9.17, 15) is 9.59 Å². The van der Waals surface area contributed by atoms with E-state index < -0.39 is 0 Å². The number of nitrogens with zero attached hydrogens (tertiary/aromatic N) is 1. The Kier molecular flexibility index (Phi) is 5.86. The van der Waals surface area contributed by atoms with Crippen LogP contribution in [0.25, 0.3) is 0 Å². The summed E-state index contributed by atoms with van der Waals surface area (Å²) in [5, 5.41) is 3.64. The monoisotopic (exact) mass is 364 g/mol. The summed E-state index contributed by atoms with van der Waals surface area (Å²) in [6.45, 7) is 5.09. The molecule has 4 nitrogen and oxygen atoms in total. The van der Waals surface area contributed by atoms with Crippen LogP contribution in [0.5, 0.6) is 0 Å². The number of aryl methyl sites for hydroxylation is 2. The molecule has 0 spiro atoms. The van der Waals surface area contributed by atoms with E-state index >= 15 is 0 Å². The first kappa shape index (κ1) is 18.3. The normalized spacial score (nSPS) is 10.4. The topological polar surface area (TPSA) is 49.4 Å². The highest BCUT2D eigenvalue weighted by Crippen LogP contribution is 2.29. The highest BCUT2D eigenvalue weighted by Gasteiger charge is 2.19. The maximum Gasteiger partial charge on any atom is 0.244 e. The number of nitrogens with one attached hydrogen (secondary N) is 1. The van der Waals surface area contributed by atoms with Crippen LogP contribution in [0.15, 0.2) is 36.4 Å². The van der Waals surface area contributed by atoms with E-state index in [-0.39, 0.29) is 18.4 Å². The van der Waals surface area contributed by atoms with Crippen LogP contribution in [0.1, 0.15) is 18.1 Å². The zero-order chi connectivity index (χ0) is 17.9. The van der Waals surface area contributed by atoms with E-state index in [1.54, 1.807) is 12.1 Å². The minimum atomic E-state index is -0.298. The first-order valence-electron chi connectivity index (χ1n) is 7.39. The minimum absolute atomic E-state index is 0.134. The minimum Gasteiger partial charge on any atom is -0.324 e. The van der Waals surface area contributed by atoms with Gasteiger partial charge in [0.25, 0.3) is 0 Å². The molecule has 0 atom stereocenters. The fraction of sp³-hybridized carbons (Fsp3) is 0.222. The van der Waals surface area contributed by atoms with E-state index in [0.29, 0.717) is 15.7 Å². The molecule has 0 saturated heterocycles. The van der Waals surface area contributed by atoms with Gasteiger partial charge in [0.05, 0.1) is 10.7 Å². The quantitative estimate of drug-likeness (QED) is 0.861. The lowest BCUT2D eigenvalue weighted by Gasteiger charge is -2.22. The summed E-state index contributed by atoms with van der Waals surface area (Å²) < 4.78 is 0. The molecular formula is C18H18Cl2N2O2. The number of rotatable bonds is 4. The molecule has 2 aromatic rings.